The summed E-state index contributed by atoms with van der Waals surface area (Å²) in [5.74, 6) is -1.17. The van der Waals surface area contributed by atoms with Gasteiger partial charge in [-0.2, -0.15) is 11.3 Å². The Morgan fingerprint density at radius 2 is 2.12 bits per heavy atom. The quantitative estimate of drug-likeness (QED) is 0.821. The van der Waals surface area contributed by atoms with Crippen molar-refractivity contribution in [2.45, 2.75) is 25.4 Å². The number of aliphatic carboxylic acids is 1. The van der Waals surface area contributed by atoms with Gasteiger partial charge in [-0.3, -0.25) is 4.79 Å². The van der Waals surface area contributed by atoms with Crippen LogP contribution in [0, 0.1) is 0 Å². The molecule has 0 saturated heterocycles. The van der Waals surface area contributed by atoms with Crippen LogP contribution >= 0.6 is 34.5 Å². The van der Waals surface area contributed by atoms with Crippen LogP contribution in [0.4, 0.5) is 11.4 Å². The van der Waals surface area contributed by atoms with Gasteiger partial charge < -0.3 is 15.3 Å². The number of amides is 1. The summed E-state index contributed by atoms with van der Waals surface area (Å²) in [7, 11) is 0. The molecule has 0 bridgehead atoms. The Labute approximate surface area is 152 Å². The number of thiophene rings is 1. The monoisotopic (exact) mass is 384 g/mol. The highest BCUT2D eigenvalue weighted by Gasteiger charge is 2.37. The molecule has 0 spiro atoms. The van der Waals surface area contributed by atoms with E-state index in [-0.39, 0.29) is 12.3 Å². The van der Waals surface area contributed by atoms with Crippen LogP contribution in [-0.4, -0.2) is 23.0 Å². The van der Waals surface area contributed by atoms with Crippen molar-refractivity contribution in [1.82, 2.24) is 0 Å². The molecule has 2 atom stereocenters. The number of carbonyl (C=O) groups excluding carboxylic acids is 1. The van der Waals surface area contributed by atoms with Gasteiger partial charge in [0.1, 0.15) is 6.04 Å². The second-order valence-electron chi connectivity index (χ2n) is 5.51. The lowest BCUT2D eigenvalue weighted by molar-refractivity contribution is -0.138. The summed E-state index contributed by atoms with van der Waals surface area (Å²) in [6, 6.07) is 3.74. The lowest BCUT2D eigenvalue weighted by atomic mass is 9.91. The minimum atomic E-state index is -0.990. The van der Waals surface area contributed by atoms with E-state index < -0.39 is 18.1 Å². The third kappa shape index (κ3) is 3.09. The van der Waals surface area contributed by atoms with Gasteiger partial charge in [-0.15, -0.1) is 0 Å². The number of nitrogens with zero attached hydrogens (tertiary/aromatic N) is 1. The molecule has 126 valence electrons. The average Bonchev–Trinajstić information content (AvgIpc) is 2.99. The molecule has 24 heavy (non-hydrogen) atoms. The lowest BCUT2D eigenvalue weighted by Gasteiger charge is -2.38. The minimum absolute atomic E-state index is 0.179. The SMILES string of the molecule is CC(=O)N(c1ccsc1)C1CC(C(=O)O)Nc2cc(Cl)cc(Cl)c21. The topological polar surface area (TPSA) is 69.6 Å². The molecule has 2 unspecified atom stereocenters. The fourth-order valence-electron chi connectivity index (χ4n) is 3.00. The number of benzene rings is 1. The molecule has 1 aromatic heterocycles. The number of carbonyl (C=O) groups is 2. The van der Waals surface area contributed by atoms with E-state index in [0.717, 1.165) is 5.69 Å². The first-order valence-electron chi connectivity index (χ1n) is 7.18. The van der Waals surface area contributed by atoms with Crippen LogP contribution in [0.25, 0.3) is 0 Å². The van der Waals surface area contributed by atoms with Crippen molar-refractivity contribution in [2.24, 2.45) is 0 Å². The van der Waals surface area contributed by atoms with Crippen LogP contribution < -0.4 is 10.2 Å². The van der Waals surface area contributed by atoms with E-state index in [9.17, 15) is 14.7 Å². The first-order valence-corrected chi connectivity index (χ1v) is 8.88. The predicted molar refractivity (Wildman–Crippen MR) is 96.3 cm³/mol. The summed E-state index contributed by atoms with van der Waals surface area (Å²) >= 11 is 13.9. The molecule has 1 aliphatic heterocycles. The molecule has 0 saturated carbocycles. The number of hydrogen-bond donors (Lipinski definition) is 2. The van der Waals surface area contributed by atoms with Gasteiger partial charge in [0, 0.05) is 40.0 Å². The van der Waals surface area contributed by atoms with E-state index >= 15 is 0 Å². The van der Waals surface area contributed by atoms with Gasteiger partial charge in [-0.05, 0) is 23.6 Å². The number of carboxylic acids is 1. The van der Waals surface area contributed by atoms with Crippen LogP contribution in [0.1, 0.15) is 24.9 Å². The third-order valence-electron chi connectivity index (χ3n) is 3.95. The van der Waals surface area contributed by atoms with Gasteiger partial charge in [0.2, 0.25) is 5.91 Å². The van der Waals surface area contributed by atoms with Crippen molar-refractivity contribution >= 4 is 57.8 Å². The lowest BCUT2D eigenvalue weighted by Crippen LogP contribution is -2.43. The summed E-state index contributed by atoms with van der Waals surface area (Å²) in [5.41, 5.74) is 1.94. The average molecular weight is 385 g/mol. The number of carboxylic acid groups (broad SMARTS) is 1. The fraction of sp³-hybridized carbons (Fsp3) is 0.250. The normalized spacial score (nSPS) is 19.3. The van der Waals surface area contributed by atoms with Crippen LogP contribution in [0.2, 0.25) is 10.0 Å². The maximum Gasteiger partial charge on any atom is 0.326 e. The Hall–Kier alpha value is -1.76. The second kappa shape index (κ2) is 6.63. The van der Waals surface area contributed by atoms with Gasteiger partial charge in [0.15, 0.2) is 0 Å². The fourth-order valence-corrected chi connectivity index (χ4v) is 4.25. The molecule has 1 aliphatic rings. The summed E-state index contributed by atoms with van der Waals surface area (Å²) in [6.45, 7) is 1.46. The summed E-state index contributed by atoms with van der Waals surface area (Å²) in [4.78, 5) is 25.4. The molecular formula is C16H14Cl2N2O3S. The first-order chi connectivity index (χ1) is 11.4. The molecule has 1 amide bonds. The molecule has 5 nitrogen and oxygen atoms in total. The molecule has 2 aromatic rings. The number of rotatable bonds is 3. The molecule has 1 aromatic carbocycles. The molecule has 2 N–H and O–H groups in total. The van der Waals surface area contributed by atoms with Crippen molar-refractivity contribution < 1.29 is 14.7 Å². The maximum atomic E-state index is 12.3. The standard InChI is InChI=1S/C16H14Cl2N2O3S/c1-8(21)20(10-2-3-24-7-10)14-6-13(16(22)23)19-12-5-9(17)4-11(18)15(12)14/h2-5,7,13-14,19H,6H2,1H3,(H,22,23). The molecule has 0 fully saturated rings. The van der Waals surface area contributed by atoms with Crippen molar-refractivity contribution in [3.05, 3.63) is 44.6 Å². The zero-order valence-electron chi connectivity index (χ0n) is 12.6. The summed E-state index contributed by atoms with van der Waals surface area (Å²) in [6.07, 6.45) is 0.207. The van der Waals surface area contributed by atoms with E-state index in [1.807, 2.05) is 16.8 Å². The van der Waals surface area contributed by atoms with E-state index in [1.165, 1.54) is 18.3 Å². The van der Waals surface area contributed by atoms with Gasteiger partial charge in [-0.1, -0.05) is 23.2 Å². The minimum Gasteiger partial charge on any atom is -0.480 e. The van der Waals surface area contributed by atoms with Crippen molar-refractivity contribution in [1.29, 1.82) is 0 Å². The van der Waals surface area contributed by atoms with Gasteiger partial charge in [-0.25, -0.2) is 4.79 Å². The number of halogens is 2. The van der Waals surface area contributed by atoms with E-state index in [2.05, 4.69) is 5.32 Å². The first kappa shape index (κ1) is 17.1. The molecular weight excluding hydrogens is 371 g/mol. The maximum absolute atomic E-state index is 12.3. The van der Waals surface area contributed by atoms with Gasteiger partial charge >= 0.3 is 5.97 Å². The molecule has 0 aliphatic carbocycles. The van der Waals surface area contributed by atoms with Crippen LogP contribution in [0.15, 0.2) is 29.0 Å². The molecule has 3 rings (SSSR count). The Kier molecular flexibility index (Phi) is 4.71. The molecule has 2 heterocycles. The third-order valence-corrected chi connectivity index (χ3v) is 5.15. The Morgan fingerprint density at radius 1 is 1.38 bits per heavy atom. The zero-order valence-corrected chi connectivity index (χ0v) is 15.0. The highest BCUT2D eigenvalue weighted by molar-refractivity contribution is 7.08. The molecule has 0 radical (unpaired) electrons. The highest BCUT2D eigenvalue weighted by atomic mass is 35.5. The van der Waals surface area contributed by atoms with Gasteiger partial charge in [0.05, 0.1) is 11.7 Å². The van der Waals surface area contributed by atoms with Gasteiger partial charge in [0.25, 0.3) is 0 Å². The van der Waals surface area contributed by atoms with Crippen LogP contribution in [0.3, 0.4) is 0 Å². The van der Waals surface area contributed by atoms with E-state index in [0.29, 0.717) is 21.3 Å². The highest BCUT2D eigenvalue weighted by Crippen LogP contribution is 2.44. The van der Waals surface area contributed by atoms with Crippen LogP contribution in [-0.2, 0) is 9.59 Å². The summed E-state index contributed by atoms with van der Waals surface area (Å²) < 4.78 is 0. The Balaban J connectivity index is 2.15. The molecule has 8 heteroatoms. The van der Waals surface area contributed by atoms with Crippen LogP contribution in [0.5, 0.6) is 0 Å². The largest absolute Gasteiger partial charge is 0.480 e. The number of hydrogen-bond acceptors (Lipinski definition) is 4. The van der Waals surface area contributed by atoms with E-state index in [1.54, 1.807) is 17.0 Å². The Morgan fingerprint density at radius 3 is 2.71 bits per heavy atom. The zero-order chi connectivity index (χ0) is 17.4. The smallest absolute Gasteiger partial charge is 0.326 e. The number of nitrogens with one attached hydrogen (secondary N) is 1. The number of fused-ring (bicyclic) bond motifs is 1. The van der Waals surface area contributed by atoms with E-state index in [4.69, 9.17) is 23.2 Å². The number of anilines is 2. The second-order valence-corrected chi connectivity index (χ2v) is 7.13. The van der Waals surface area contributed by atoms with Crippen molar-refractivity contribution in [2.75, 3.05) is 10.2 Å². The summed E-state index contributed by atoms with van der Waals surface area (Å²) in [5, 5.41) is 16.9. The van der Waals surface area contributed by atoms with Crippen molar-refractivity contribution in [3.8, 4) is 0 Å². The Bertz CT molecular complexity index is 795. The van der Waals surface area contributed by atoms with Crippen molar-refractivity contribution in [3.63, 3.8) is 0 Å². The predicted octanol–water partition coefficient (Wildman–Crippen LogP) is 4.42.